The van der Waals surface area contributed by atoms with Crippen molar-refractivity contribution in [2.45, 2.75) is 19.4 Å². The maximum Gasteiger partial charge on any atom is 0.239 e. The number of rotatable bonds is 5. The van der Waals surface area contributed by atoms with Crippen LogP contribution in [0.3, 0.4) is 0 Å². The molecular weight excluding hydrogens is 226 g/mol. The van der Waals surface area contributed by atoms with Gasteiger partial charge in [-0.3, -0.25) is 9.59 Å². The van der Waals surface area contributed by atoms with Gasteiger partial charge in [0.15, 0.2) is 0 Å². The third kappa shape index (κ3) is 5.37. The predicted molar refractivity (Wildman–Crippen MR) is 65.4 cm³/mol. The van der Waals surface area contributed by atoms with E-state index in [4.69, 9.17) is 0 Å². The van der Waals surface area contributed by atoms with Crippen molar-refractivity contribution in [3.8, 4) is 0 Å². The SMILES string of the molecule is CCNC(=O)CNC(=O)CC1CSCCN1. The van der Waals surface area contributed by atoms with Crippen LogP contribution in [0.2, 0.25) is 0 Å². The highest BCUT2D eigenvalue weighted by Crippen LogP contribution is 2.09. The second-order valence-electron chi connectivity index (χ2n) is 3.66. The highest BCUT2D eigenvalue weighted by Gasteiger charge is 2.16. The van der Waals surface area contributed by atoms with Crippen LogP contribution in [0.15, 0.2) is 0 Å². The van der Waals surface area contributed by atoms with Crippen LogP contribution in [0.25, 0.3) is 0 Å². The van der Waals surface area contributed by atoms with Gasteiger partial charge in [0.1, 0.15) is 0 Å². The number of carbonyl (C=O) groups excluding carboxylic acids is 2. The van der Waals surface area contributed by atoms with Crippen LogP contribution >= 0.6 is 11.8 Å². The lowest BCUT2D eigenvalue weighted by Crippen LogP contribution is -2.43. The lowest BCUT2D eigenvalue weighted by atomic mass is 10.2. The maximum atomic E-state index is 11.5. The molecule has 1 fully saturated rings. The van der Waals surface area contributed by atoms with Crippen molar-refractivity contribution in [2.75, 3.05) is 31.1 Å². The second-order valence-corrected chi connectivity index (χ2v) is 4.81. The highest BCUT2D eigenvalue weighted by atomic mass is 32.2. The van der Waals surface area contributed by atoms with Crippen LogP contribution in [-0.2, 0) is 9.59 Å². The predicted octanol–water partition coefficient (Wildman–Crippen LogP) is -0.666. The van der Waals surface area contributed by atoms with Gasteiger partial charge < -0.3 is 16.0 Å². The Morgan fingerprint density at radius 2 is 2.19 bits per heavy atom. The molecule has 1 aliphatic rings. The van der Waals surface area contributed by atoms with Crippen LogP contribution in [0, 0.1) is 0 Å². The van der Waals surface area contributed by atoms with Crippen molar-refractivity contribution >= 4 is 23.6 Å². The van der Waals surface area contributed by atoms with Gasteiger partial charge in [-0.15, -0.1) is 0 Å². The molecule has 2 amide bonds. The fourth-order valence-electron chi connectivity index (χ4n) is 1.49. The standard InChI is InChI=1S/C10H19N3O2S/c1-2-11-10(15)6-13-9(14)5-8-7-16-4-3-12-8/h8,12H,2-7H2,1H3,(H,11,15)(H,13,14). The molecule has 0 aromatic carbocycles. The molecule has 6 heteroatoms. The van der Waals surface area contributed by atoms with Crippen LogP contribution in [-0.4, -0.2) is 49.0 Å². The Bertz CT molecular complexity index is 242. The Hall–Kier alpha value is -0.750. The van der Waals surface area contributed by atoms with Gasteiger partial charge in [0.2, 0.25) is 11.8 Å². The second kappa shape index (κ2) is 7.51. The molecule has 1 atom stereocenters. The highest BCUT2D eigenvalue weighted by molar-refractivity contribution is 7.99. The zero-order valence-electron chi connectivity index (χ0n) is 9.54. The molecule has 0 saturated carbocycles. The van der Waals surface area contributed by atoms with Crippen LogP contribution in [0.4, 0.5) is 0 Å². The largest absolute Gasteiger partial charge is 0.355 e. The molecule has 0 bridgehead atoms. The summed E-state index contributed by atoms with van der Waals surface area (Å²) in [6.07, 6.45) is 0.451. The Morgan fingerprint density at radius 3 is 2.81 bits per heavy atom. The number of likely N-dealkylation sites (N-methyl/N-ethyl adjacent to an activating group) is 1. The van der Waals surface area contributed by atoms with E-state index in [1.165, 1.54) is 0 Å². The molecule has 5 nitrogen and oxygen atoms in total. The summed E-state index contributed by atoms with van der Waals surface area (Å²) in [5.74, 6) is 1.87. The summed E-state index contributed by atoms with van der Waals surface area (Å²) in [6, 6.07) is 0.244. The normalized spacial score (nSPS) is 20.2. The third-order valence-electron chi connectivity index (χ3n) is 2.25. The number of hydrogen-bond acceptors (Lipinski definition) is 4. The number of thioether (sulfide) groups is 1. The van der Waals surface area contributed by atoms with Crippen molar-refractivity contribution in [3.63, 3.8) is 0 Å². The van der Waals surface area contributed by atoms with Crippen molar-refractivity contribution in [3.05, 3.63) is 0 Å². The minimum Gasteiger partial charge on any atom is -0.355 e. The number of carbonyl (C=O) groups is 2. The summed E-state index contributed by atoms with van der Waals surface area (Å²) < 4.78 is 0. The quantitative estimate of drug-likeness (QED) is 0.601. The Balaban J connectivity index is 2.12. The summed E-state index contributed by atoms with van der Waals surface area (Å²) in [5.41, 5.74) is 0. The van der Waals surface area contributed by atoms with E-state index < -0.39 is 0 Å². The van der Waals surface area contributed by atoms with Gasteiger partial charge in [0.25, 0.3) is 0 Å². The van der Waals surface area contributed by atoms with E-state index in [9.17, 15) is 9.59 Å². The third-order valence-corrected chi connectivity index (χ3v) is 3.38. The smallest absolute Gasteiger partial charge is 0.239 e. The van der Waals surface area contributed by atoms with Crippen molar-refractivity contribution in [2.24, 2.45) is 0 Å². The van der Waals surface area contributed by atoms with Crippen LogP contribution < -0.4 is 16.0 Å². The molecule has 1 rings (SSSR count). The van der Waals surface area contributed by atoms with Gasteiger partial charge in [-0.2, -0.15) is 11.8 Å². The van der Waals surface area contributed by atoms with Crippen LogP contribution in [0.1, 0.15) is 13.3 Å². The van der Waals surface area contributed by atoms with Crippen LogP contribution in [0.5, 0.6) is 0 Å². The first-order valence-electron chi connectivity index (χ1n) is 5.57. The van der Waals surface area contributed by atoms with Gasteiger partial charge in [-0.25, -0.2) is 0 Å². The Morgan fingerprint density at radius 1 is 1.38 bits per heavy atom. The molecule has 0 radical (unpaired) electrons. The van der Waals surface area contributed by atoms with E-state index in [-0.39, 0.29) is 24.4 Å². The average Bonchev–Trinajstić information content (AvgIpc) is 2.28. The fraction of sp³-hybridized carbons (Fsp3) is 0.800. The first kappa shape index (κ1) is 13.3. The minimum absolute atomic E-state index is 0.0637. The molecule has 3 N–H and O–H groups in total. The Labute approximate surface area is 100 Å². The van der Waals surface area contributed by atoms with E-state index in [2.05, 4.69) is 16.0 Å². The molecule has 1 heterocycles. The number of amides is 2. The Kier molecular flexibility index (Phi) is 6.25. The van der Waals surface area contributed by atoms with Gasteiger partial charge in [0.05, 0.1) is 6.54 Å². The van der Waals surface area contributed by atoms with Crippen molar-refractivity contribution < 1.29 is 9.59 Å². The van der Waals surface area contributed by atoms with Crippen molar-refractivity contribution in [1.29, 1.82) is 0 Å². The van der Waals surface area contributed by atoms with E-state index in [1.54, 1.807) is 0 Å². The molecular formula is C10H19N3O2S. The first-order valence-corrected chi connectivity index (χ1v) is 6.72. The van der Waals surface area contributed by atoms with E-state index in [0.29, 0.717) is 13.0 Å². The average molecular weight is 245 g/mol. The van der Waals surface area contributed by atoms with E-state index >= 15 is 0 Å². The van der Waals surface area contributed by atoms with E-state index in [0.717, 1.165) is 18.1 Å². The molecule has 1 aliphatic heterocycles. The number of hydrogen-bond donors (Lipinski definition) is 3. The molecule has 0 spiro atoms. The zero-order chi connectivity index (χ0) is 11.8. The fourth-order valence-corrected chi connectivity index (χ4v) is 2.43. The first-order chi connectivity index (χ1) is 7.72. The van der Waals surface area contributed by atoms with E-state index in [1.807, 2.05) is 18.7 Å². The molecule has 0 aromatic rings. The monoisotopic (exact) mass is 245 g/mol. The molecule has 16 heavy (non-hydrogen) atoms. The summed E-state index contributed by atoms with van der Waals surface area (Å²) in [5, 5.41) is 8.53. The summed E-state index contributed by atoms with van der Waals surface area (Å²) >= 11 is 1.86. The summed E-state index contributed by atoms with van der Waals surface area (Å²) in [6.45, 7) is 3.48. The molecule has 0 aromatic heterocycles. The molecule has 92 valence electrons. The van der Waals surface area contributed by atoms with Gasteiger partial charge in [-0.1, -0.05) is 0 Å². The summed E-state index contributed by atoms with van der Waals surface area (Å²) in [4.78, 5) is 22.6. The summed E-state index contributed by atoms with van der Waals surface area (Å²) in [7, 11) is 0. The lowest BCUT2D eigenvalue weighted by molar-refractivity contribution is -0.126. The topological polar surface area (TPSA) is 70.2 Å². The van der Waals surface area contributed by atoms with Gasteiger partial charge >= 0.3 is 0 Å². The van der Waals surface area contributed by atoms with Gasteiger partial charge in [-0.05, 0) is 6.92 Å². The zero-order valence-corrected chi connectivity index (χ0v) is 10.4. The molecule has 1 unspecified atom stereocenters. The molecule has 0 aliphatic carbocycles. The minimum atomic E-state index is -0.137. The lowest BCUT2D eigenvalue weighted by Gasteiger charge is -2.22. The molecule has 1 saturated heterocycles. The van der Waals surface area contributed by atoms with Gasteiger partial charge in [0, 0.05) is 37.1 Å². The van der Waals surface area contributed by atoms with Crippen molar-refractivity contribution in [1.82, 2.24) is 16.0 Å². The number of nitrogens with one attached hydrogen (secondary N) is 3. The maximum absolute atomic E-state index is 11.5.